The second-order valence-corrected chi connectivity index (χ2v) is 4.84. The van der Waals surface area contributed by atoms with Crippen LogP contribution in [0.15, 0.2) is 25.1 Å². The molecule has 0 radical (unpaired) electrons. The van der Waals surface area contributed by atoms with Crippen molar-refractivity contribution in [3.05, 3.63) is 25.1 Å². The maximum absolute atomic E-state index is 11.7. The van der Waals surface area contributed by atoms with Crippen molar-refractivity contribution in [2.24, 2.45) is 5.92 Å². The highest BCUT2D eigenvalue weighted by molar-refractivity contribution is 7.99. The SMILES string of the molecule is C=C.C=CSN(C)C(CC(C)C)C(=O)OCC. The van der Waals surface area contributed by atoms with Crippen LogP contribution < -0.4 is 0 Å². The summed E-state index contributed by atoms with van der Waals surface area (Å²) in [4.78, 5) is 11.7. The fourth-order valence-electron chi connectivity index (χ4n) is 1.27. The molecule has 4 heteroatoms. The smallest absolute Gasteiger partial charge is 0.324 e. The van der Waals surface area contributed by atoms with Gasteiger partial charge in [-0.15, -0.1) is 13.2 Å². The maximum atomic E-state index is 11.7. The molecule has 0 spiro atoms. The quantitative estimate of drug-likeness (QED) is 0.398. The van der Waals surface area contributed by atoms with Gasteiger partial charge in [0.25, 0.3) is 0 Å². The van der Waals surface area contributed by atoms with Crippen LogP contribution in [-0.4, -0.2) is 30.0 Å². The highest BCUT2D eigenvalue weighted by Crippen LogP contribution is 2.19. The Morgan fingerprint density at radius 3 is 2.35 bits per heavy atom. The van der Waals surface area contributed by atoms with Crippen LogP contribution in [0.5, 0.6) is 0 Å². The Hall–Kier alpha value is -0.740. The molecule has 0 aliphatic carbocycles. The van der Waals surface area contributed by atoms with Crippen LogP contribution in [0, 0.1) is 5.92 Å². The number of hydrogen-bond donors (Lipinski definition) is 0. The van der Waals surface area contributed by atoms with Gasteiger partial charge in [-0.3, -0.25) is 4.79 Å². The first kappa shape index (κ1) is 18.6. The zero-order valence-electron chi connectivity index (χ0n) is 11.4. The van der Waals surface area contributed by atoms with Crippen molar-refractivity contribution >= 4 is 17.9 Å². The number of likely N-dealkylation sites (N-methyl/N-ethyl adjacent to an activating group) is 1. The molecule has 0 heterocycles. The predicted molar refractivity (Wildman–Crippen MR) is 76.7 cm³/mol. The lowest BCUT2D eigenvalue weighted by molar-refractivity contribution is -0.147. The highest BCUT2D eigenvalue weighted by Gasteiger charge is 2.25. The van der Waals surface area contributed by atoms with Gasteiger partial charge in [0.05, 0.1) is 6.61 Å². The van der Waals surface area contributed by atoms with E-state index >= 15 is 0 Å². The third kappa shape index (κ3) is 9.01. The summed E-state index contributed by atoms with van der Waals surface area (Å²) >= 11 is 1.43. The van der Waals surface area contributed by atoms with Crippen LogP contribution in [0.4, 0.5) is 0 Å². The molecular formula is C13H25NO2S. The molecule has 0 aromatic rings. The van der Waals surface area contributed by atoms with E-state index in [0.29, 0.717) is 12.5 Å². The van der Waals surface area contributed by atoms with E-state index in [9.17, 15) is 4.79 Å². The minimum atomic E-state index is -0.187. The van der Waals surface area contributed by atoms with Gasteiger partial charge in [-0.2, -0.15) is 0 Å². The number of esters is 1. The van der Waals surface area contributed by atoms with E-state index in [2.05, 4.69) is 33.6 Å². The largest absolute Gasteiger partial charge is 0.465 e. The lowest BCUT2D eigenvalue weighted by Gasteiger charge is -2.25. The molecule has 0 N–H and O–H groups in total. The predicted octanol–water partition coefficient (Wildman–Crippen LogP) is 3.49. The van der Waals surface area contributed by atoms with Gasteiger partial charge in [-0.25, -0.2) is 4.31 Å². The number of carbonyl (C=O) groups is 1. The van der Waals surface area contributed by atoms with Crippen LogP contribution in [0.25, 0.3) is 0 Å². The topological polar surface area (TPSA) is 29.5 Å². The van der Waals surface area contributed by atoms with Gasteiger partial charge in [0.2, 0.25) is 0 Å². The molecule has 0 rings (SSSR count). The molecule has 0 aliphatic rings. The Bertz CT molecular complexity index is 219. The third-order valence-corrected chi connectivity index (χ3v) is 2.67. The molecule has 17 heavy (non-hydrogen) atoms. The highest BCUT2D eigenvalue weighted by atomic mass is 32.2. The number of hydrogen-bond acceptors (Lipinski definition) is 4. The monoisotopic (exact) mass is 259 g/mol. The summed E-state index contributed by atoms with van der Waals surface area (Å²) in [5, 5.41) is 1.71. The summed E-state index contributed by atoms with van der Waals surface area (Å²) in [6.07, 6.45) is 0.802. The number of carbonyl (C=O) groups excluding carboxylic acids is 1. The average molecular weight is 259 g/mol. The van der Waals surface area contributed by atoms with E-state index in [1.807, 2.05) is 18.3 Å². The molecular weight excluding hydrogens is 234 g/mol. The lowest BCUT2D eigenvalue weighted by atomic mass is 10.0. The van der Waals surface area contributed by atoms with Crippen molar-refractivity contribution in [2.75, 3.05) is 13.7 Å². The Labute approximate surface area is 110 Å². The van der Waals surface area contributed by atoms with Crippen LogP contribution in [0.2, 0.25) is 0 Å². The first-order valence-electron chi connectivity index (χ1n) is 5.70. The third-order valence-electron chi connectivity index (χ3n) is 1.93. The van der Waals surface area contributed by atoms with E-state index in [-0.39, 0.29) is 12.0 Å². The van der Waals surface area contributed by atoms with Gasteiger partial charge >= 0.3 is 5.97 Å². The van der Waals surface area contributed by atoms with Gasteiger partial charge in [-0.05, 0) is 31.7 Å². The number of nitrogens with zero attached hydrogens (tertiary/aromatic N) is 1. The second-order valence-electron chi connectivity index (χ2n) is 3.72. The maximum Gasteiger partial charge on any atom is 0.324 e. The zero-order valence-corrected chi connectivity index (χ0v) is 12.3. The van der Waals surface area contributed by atoms with Crippen molar-refractivity contribution in [2.45, 2.75) is 33.2 Å². The molecule has 1 unspecified atom stereocenters. The zero-order chi connectivity index (χ0) is 13.8. The Morgan fingerprint density at radius 1 is 1.47 bits per heavy atom. The van der Waals surface area contributed by atoms with Gasteiger partial charge in [-0.1, -0.05) is 32.4 Å². The molecule has 100 valence electrons. The summed E-state index contributed by atoms with van der Waals surface area (Å²) in [6.45, 7) is 16.1. The molecule has 0 saturated heterocycles. The average Bonchev–Trinajstić information content (AvgIpc) is 2.29. The van der Waals surface area contributed by atoms with E-state index in [1.54, 1.807) is 5.41 Å². The van der Waals surface area contributed by atoms with Gasteiger partial charge in [0.15, 0.2) is 0 Å². The summed E-state index contributed by atoms with van der Waals surface area (Å²) in [7, 11) is 1.89. The molecule has 0 amide bonds. The van der Waals surface area contributed by atoms with E-state index in [0.717, 1.165) is 6.42 Å². The standard InChI is InChI=1S/C11H21NO2S.C2H4/c1-6-14-11(13)10(8-9(3)4)12(5)15-7-2;1-2/h7,9-10H,2,6,8H2,1,3-5H3;1-2H2. The summed E-state index contributed by atoms with van der Waals surface area (Å²) in [5.41, 5.74) is 0. The van der Waals surface area contributed by atoms with Gasteiger partial charge < -0.3 is 4.74 Å². The molecule has 0 aromatic heterocycles. The summed E-state index contributed by atoms with van der Waals surface area (Å²) in [6, 6.07) is -0.187. The summed E-state index contributed by atoms with van der Waals surface area (Å²) < 4.78 is 6.94. The van der Waals surface area contributed by atoms with Crippen LogP contribution in [0.3, 0.4) is 0 Å². The van der Waals surface area contributed by atoms with E-state index in [1.165, 1.54) is 11.9 Å². The van der Waals surface area contributed by atoms with E-state index in [4.69, 9.17) is 4.74 Å². The van der Waals surface area contributed by atoms with Gasteiger partial charge in [0.1, 0.15) is 6.04 Å². The molecule has 0 aliphatic heterocycles. The molecule has 3 nitrogen and oxygen atoms in total. The molecule has 0 aromatic carbocycles. The van der Waals surface area contributed by atoms with Crippen molar-refractivity contribution in [1.29, 1.82) is 0 Å². The molecule has 0 fully saturated rings. The minimum Gasteiger partial charge on any atom is -0.465 e. The van der Waals surface area contributed by atoms with Crippen LogP contribution >= 0.6 is 11.9 Å². The Morgan fingerprint density at radius 2 is 2.00 bits per heavy atom. The first-order chi connectivity index (χ1) is 8.02. The summed E-state index contributed by atoms with van der Waals surface area (Å²) in [5.74, 6) is 0.315. The lowest BCUT2D eigenvalue weighted by Crippen LogP contribution is -2.36. The normalized spacial score (nSPS) is 11.6. The van der Waals surface area contributed by atoms with Gasteiger partial charge in [0, 0.05) is 0 Å². The van der Waals surface area contributed by atoms with Crippen LogP contribution in [0.1, 0.15) is 27.2 Å². The second kappa shape index (κ2) is 11.7. The van der Waals surface area contributed by atoms with Crippen molar-refractivity contribution in [1.82, 2.24) is 4.31 Å². The van der Waals surface area contributed by atoms with Crippen molar-refractivity contribution < 1.29 is 9.53 Å². The fraction of sp³-hybridized carbons (Fsp3) is 0.615. The minimum absolute atomic E-state index is 0.150. The fourth-order valence-corrected chi connectivity index (χ4v) is 1.82. The van der Waals surface area contributed by atoms with Crippen molar-refractivity contribution in [3.63, 3.8) is 0 Å². The van der Waals surface area contributed by atoms with E-state index < -0.39 is 0 Å². The first-order valence-corrected chi connectivity index (χ1v) is 6.53. The Kier molecular flexibility index (Phi) is 12.9. The molecule has 0 saturated carbocycles. The van der Waals surface area contributed by atoms with Crippen LogP contribution in [-0.2, 0) is 9.53 Å². The number of rotatable bonds is 7. The molecule has 1 atom stereocenters. The van der Waals surface area contributed by atoms with Crippen molar-refractivity contribution in [3.8, 4) is 0 Å². The number of ether oxygens (including phenoxy) is 1. The Balaban J connectivity index is 0. The molecule has 0 bridgehead atoms.